The zero-order valence-electron chi connectivity index (χ0n) is 8.98. The van der Waals surface area contributed by atoms with Crippen molar-refractivity contribution in [3.8, 4) is 0 Å². The van der Waals surface area contributed by atoms with Crippen molar-refractivity contribution in [2.24, 2.45) is 0 Å². The summed E-state index contributed by atoms with van der Waals surface area (Å²) >= 11 is 1.92. The van der Waals surface area contributed by atoms with Gasteiger partial charge in [0.25, 0.3) is 5.91 Å². The molecule has 86 valence electrons. The molecule has 0 radical (unpaired) electrons. The maximum atomic E-state index is 11.8. The largest absolute Gasteiger partial charge is 0.383 e. The number of nitrogen functional groups attached to an aromatic ring is 1. The van der Waals surface area contributed by atoms with Crippen LogP contribution in [0.3, 0.4) is 0 Å². The highest BCUT2D eigenvalue weighted by Crippen LogP contribution is 2.25. The quantitative estimate of drug-likeness (QED) is 0.831. The molecule has 0 aromatic carbocycles. The number of aromatic nitrogens is 1. The normalized spacial score (nSPS) is 19.6. The Morgan fingerprint density at radius 1 is 1.69 bits per heavy atom. The molecule has 1 aromatic heterocycles. The van der Waals surface area contributed by atoms with E-state index in [1.165, 1.54) is 18.6 Å². The van der Waals surface area contributed by atoms with Gasteiger partial charge in [0.2, 0.25) is 0 Å². The molecule has 16 heavy (non-hydrogen) atoms. The van der Waals surface area contributed by atoms with Gasteiger partial charge in [0, 0.05) is 18.0 Å². The average molecular weight is 237 g/mol. The first-order valence-corrected chi connectivity index (χ1v) is 6.42. The zero-order valence-corrected chi connectivity index (χ0v) is 9.80. The number of thioether (sulfide) groups is 1. The fourth-order valence-electron chi connectivity index (χ4n) is 1.72. The van der Waals surface area contributed by atoms with Gasteiger partial charge >= 0.3 is 0 Å². The van der Waals surface area contributed by atoms with Crippen LogP contribution in [0, 0.1) is 0 Å². The fourth-order valence-corrected chi connectivity index (χ4v) is 2.92. The maximum absolute atomic E-state index is 11.8. The first-order chi connectivity index (χ1) is 7.77. The molecule has 0 aliphatic carbocycles. The van der Waals surface area contributed by atoms with Gasteiger partial charge in [-0.2, -0.15) is 11.8 Å². The van der Waals surface area contributed by atoms with Gasteiger partial charge in [0.15, 0.2) is 0 Å². The molecule has 1 aliphatic rings. The second-order valence-electron chi connectivity index (χ2n) is 3.78. The van der Waals surface area contributed by atoms with Crippen molar-refractivity contribution in [2.45, 2.75) is 18.1 Å². The zero-order chi connectivity index (χ0) is 11.4. The van der Waals surface area contributed by atoms with E-state index in [1.807, 2.05) is 11.8 Å². The van der Waals surface area contributed by atoms with Crippen LogP contribution in [0.2, 0.25) is 0 Å². The van der Waals surface area contributed by atoms with Crippen LogP contribution in [0.4, 0.5) is 5.82 Å². The molecule has 0 saturated carbocycles. The molecule has 5 heteroatoms. The van der Waals surface area contributed by atoms with Gasteiger partial charge in [0.05, 0.1) is 5.56 Å². The van der Waals surface area contributed by atoms with Gasteiger partial charge < -0.3 is 11.1 Å². The lowest BCUT2D eigenvalue weighted by atomic mass is 10.2. The predicted octanol–water partition coefficient (Wildman–Crippen LogP) is 1.29. The van der Waals surface area contributed by atoms with Crippen LogP contribution < -0.4 is 11.1 Å². The minimum atomic E-state index is -0.127. The number of nitrogens with two attached hydrogens (primary N) is 1. The highest BCUT2D eigenvalue weighted by Gasteiger charge is 2.17. The van der Waals surface area contributed by atoms with E-state index in [0.29, 0.717) is 16.6 Å². The minimum Gasteiger partial charge on any atom is -0.383 e. The van der Waals surface area contributed by atoms with Crippen molar-refractivity contribution in [3.05, 3.63) is 23.9 Å². The summed E-state index contributed by atoms with van der Waals surface area (Å²) in [6.07, 6.45) is 4.02. The number of hydrogen-bond acceptors (Lipinski definition) is 4. The molecule has 1 saturated heterocycles. The fraction of sp³-hybridized carbons (Fsp3) is 0.455. The Labute approximate surface area is 99.0 Å². The van der Waals surface area contributed by atoms with Crippen molar-refractivity contribution in [2.75, 3.05) is 18.0 Å². The van der Waals surface area contributed by atoms with Crippen LogP contribution in [0.1, 0.15) is 23.2 Å². The third-order valence-corrected chi connectivity index (χ3v) is 4.00. The molecule has 2 rings (SSSR count). The Kier molecular flexibility index (Phi) is 3.66. The van der Waals surface area contributed by atoms with E-state index in [-0.39, 0.29) is 5.91 Å². The van der Waals surface area contributed by atoms with Gasteiger partial charge in [-0.05, 0) is 30.7 Å². The molecule has 1 aliphatic heterocycles. The Balaban J connectivity index is 1.90. The SMILES string of the molecule is Nc1ncccc1C(=O)NCC1CCCS1. The van der Waals surface area contributed by atoms with E-state index in [0.717, 1.165) is 6.54 Å². The second kappa shape index (κ2) is 5.21. The number of amides is 1. The van der Waals surface area contributed by atoms with Gasteiger partial charge in [-0.25, -0.2) is 4.98 Å². The van der Waals surface area contributed by atoms with E-state index < -0.39 is 0 Å². The predicted molar refractivity (Wildman–Crippen MR) is 66.5 cm³/mol. The van der Waals surface area contributed by atoms with Gasteiger partial charge in [0.1, 0.15) is 5.82 Å². The van der Waals surface area contributed by atoms with E-state index in [2.05, 4.69) is 10.3 Å². The van der Waals surface area contributed by atoms with Gasteiger partial charge in [-0.15, -0.1) is 0 Å². The highest BCUT2D eigenvalue weighted by molar-refractivity contribution is 8.00. The van der Waals surface area contributed by atoms with Crippen LogP contribution in [0.15, 0.2) is 18.3 Å². The molecule has 4 nitrogen and oxygen atoms in total. The summed E-state index contributed by atoms with van der Waals surface area (Å²) in [5.74, 6) is 1.37. The van der Waals surface area contributed by atoms with Gasteiger partial charge in [-0.3, -0.25) is 4.79 Å². The summed E-state index contributed by atoms with van der Waals surface area (Å²) in [7, 11) is 0. The Hall–Kier alpha value is -1.23. The molecule has 1 atom stereocenters. The number of anilines is 1. The van der Waals surface area contributed by atoms with Crippen LogP contribution in [0.5, 0.6) is 0 Å². The Morgan fingerprint density at radius 3 is 3.25 bits per heavy atom. The summed E-state index contributed by atoms with van der Waals surface area (Å²) in [5, 5.41) is 3.46. The summed E-state index contributed by atoms with van der Waals surface area (Å²) in [5.41, 5.74) is 6.09. The summed E-state index contributed by atoms with van der Waals surface area (Å²) in [4.78, 5) is 15.7. The van der Waals surface area contributed by atoms with Crippen LogP contribution in [-0.2, 0) is 0 Å². The minimum absolute atomic E-state index is 0.127. The van der Waals surface area contributed by atoms with Crippen LogP contribution in [0.25, 0.3) is 0 Å². The molecular formula is C11H15N3OS. The van der Waals surface area contributed by atoms with Crippen LogP contribution in [-0.4, -0.2) is 28.4 Å². The van der Waals surface area contributed by atoms with E-state index in [4.69, 9.17) is 5.73 Å². The number of rotatable bonds is 3. The van der Waals surface area contributed by atoms with Crippen molar-refractivity contribution >= 4 is 23.5 Å². The molecule has 0 spiro atoms. The van der Waals surface area contributed by atoms with E-state index >= 15 is 0 Å². The number of nitrogens with zero attached hydrogens (tertiary/aromatic N) is 1. The lowest BCUT2D eigenvalue weighted by Crippen LogP contribution is -2.30. The number of carbonyl (C=O) groups is 1. The Morgan fingerprint density at radius 2 is 2.56 bits per heavy atom. The third-order valence-electron chi connectivity index (χ3n) is 2.60. The Bertz CT molecular complexity index is 377. The lowest BCUT2D eigenvalue weighted by molar-refractivity contribution is 0.0954. The van der Waals surface area contributed by atoms with Crippen molar-refractivity contribution in [1.29, 1.82) is 0 Å². The van der Waals surface area contributed by atoms with Crippen molar-refractivity contribution < 1.29 is 4.79 Å². The van der Waals surface area contributed by atoms with Crippen molar-refractivity contribution in [1.82, 2.24) is 10.3 Å². The number of nitrogens with one attached hydrogen (secondary N) is 1. The molecule has 1 fully saturated rings. The molecule has 1 amide bonds. The topological polar surface area (TPSA) is 68.0 Å². The second-order valence-corrected chi connectivity index (χ2v) is 5.19. The highest BCUT2D eigenvalue weighted by atomic mass is 32.2. The molecule has 1 unspecified atom stereocenters. The number of carbonyl (C=O) groups excluding carboxylic acids is 1. The summed E-state index contributed by atoms with van der Waals surface area (Å²) in [6, 6.07) is 3.41. The van der Waals surface area contributed by atoms with Crippen molar-refractivity contribution in [3.63, 3.8) is 0 Å². The van der Waals surface area contributed by atoms with Gasteiger partial charge in [-0.1, -0.05) is 0 Å². The maximum Gasteiger partial charge on any atom is 0.255 e. The average Bonchev–Trinajstić information content (AvgIpc) is 2.79. The standard InChI is InChI=1S/C11H15N3OS/c12-10-9(4-1-5-13-10)11(15)14-7-8-3-2-6-16-8/h1,4-5,8H,2-3,6-7H2,(H2,12,13)(H,14,15). The number of pyridine rings is 1. The smallest absolute Gasteiger partial charge is 0.255 e. The molecule has 3 N–H and O–H groups in total. The van der Waals surface area contributed by atoms with E-state index in [9.17, 15) is 4.79 Å². The monoisotopic (exact) mass is 237 g/mol. The third kappa shape index (κ3) is 2.66. The molecule has 0 bridgehead atoms. The first-order valence-electron chi connectivity index (χ1n) is 5.37. The first kappa shape index (κ1) is 11.3. The summed E-state index contributed by atoms with van der Waals surface area (Å²) < 4.78 is 0. The molecule has 2 heterocycles. The molecule has 1 aromatic rings. The molecular weight excluding hydrogens is 222 g/mol. The van der Waals surface area contributed by atoms with E-state index in [1.54, 1.807) is 18.3 Å². The lowest BCUT2D eigenvalue weighted by Gasteiger charge is -2.10. The number of hydrogen-bond donors (Lipinski definition) is 2. The van der Waals surface area contributed by atoms with Crippen LogP contribution >= 0.6 is 11.8 Å². The summed E-state index contributed by atoms with van der Waals surface area (Å²) in [6.45, 7) is 0.720.